The Kier molecular flexibility index (Phi) is 6.98. The SMILES string of the molecule is CCC1CC2CCCC(C1CC(=O)C(C)(CC(C)(C)C)C(C)(C)C)C2C(F)(F)F. The van der Waals surface area contributed by atoms with E-state index in [1.54, 1.807) is 0 Å². The molecule has 6 unspecified atom stereocenters. The molecule has 0 amide bonds. The summed E-state index contributed by atoms with van der Waals surface area (Å²) in [5.41, 5.74) is -0.784. The first-order valence-corrected chi connectivity index (χ1v) is 11.6. The highest BCUT2D eigenvalue weighted by molar-refractivity contribution is 5.85. The third-order valence-electron chi connectivity index (χ3n) is 8.32. The van der Waals surface area contributed by atoms with E-state index in [2.05, 4.69) is 55.4 Å². The smallest absolute Gasteiger partial charge is 0.299 e. The maximum absolute atomic E-state index is 14.0. The molecule has 0 radical (unpaired) electrons. The van der Waals surface area contributed by atoms with Crippen LogP contribution in [0, 0.1) is 45.8 Å². The zero-order chi connectivity index (χ0) is 22.4. The van der Waals surface area contributed by atoms with Crippen LogP contribution in [0.4, 0.5) is 13.2 Å². The van der Waals surface area contributed by atoms with Crippen LogP contribution >= 0.6 is 0 Å². The number of halogens is 3. The Bertz CT molecular complexity index is 580. The van der Waals surface area contributed by atoms with E-state index < -0.39 is 17.5 Å². The van der Waals surface area contributed by atoms with Crippen LogP contribution in [0.3, 0.4) is 0 Å². The van der Waals surface area contributed by atoms with Crippen LogP contribution in [-0.2, 0) is 4.79 Å². The van der Waals surface area contributed by atoms with Gasteiger partial charge in [0.05, 0.1) is 5.92 Å². The molecule has 2 saturated carbocycles. The number of fused-ring (bicyclic) bond motifs is 2. The van der Waals surface area contributed by atoms with Crippen molar-refractivity contribution in [3.05, 3.63) is 0 Å². The van der Waals surface area contributed by atoms with E-state index in [4.69, 9.17) is 0 Å². The van der Waals surface area contributed by atoms with E-state index in [-0.39, 0.29) is 40.3 Å². The van der Waals surface area contributed by atoms with Gasteiger partial charge in [-0.05, 0) is 60.2 Å². The average Bonchev–Trinajstić information content (AvgIpc) is 2.52. The monoisotopic (exact) mass is 416 g/mol. The van der Waals surface area contributed by atoms with Crippen LogP contribution in [0.25, 0.3) is 0 Å². The molecular formula is C25H43F3O. The molecule has 0 N–H and O–H groups in total. The highest BCUT2D eigenvalue weighted by atomic mass is 19.4. The second kappa shape index (κ2) is 8.19. The van der Waals surface area contributed by atoms with Gasteiger partial charge in [-0.25, -0.2) is 0 Å². The summed E-state index contributed by atoms with van der Waals surface area (Å²) < 4.78 is 41.9. The van der Waals surface area contributed by atoms with Gasteiger partial charge in [-0.1, -0.05) is 68.2 Å². The van der Waals surface area contributed by atoms with Crippen molar-refractivity contribution in [3.8, 4) is 0 Å². The van der Waals surface area contributed by atoms with Gasteiger partial charge in [-0.15, -0.1) is 0 Å². The predicted molar refractivity (Wildman–Crippen MR) is 114 cm³/mol. The first kappa shape index (κ1) is 24.7. The standard InChI is InChI=1S/C25H43F3O/c1-9-16-13-17-11-10-12-18(21(17)25(26,27)28)19(16)14-20(29)24(8,23(5,6)7)15-22(2,3)4/h16-19,21H,9-15H2,1-8H3. The fraction of sp³-hybridized carbons (Fsp3) is 0.960. The van der Waals surface area contributed by atoms with Gasteiger partial charge in [-0.2, -0.15) is 13.2 Å². The van der Waals surface area contributed by atoms with Gasteiger partial charge < -0.3 is 0 Å². The number of alkyl halides is 3. The van der Waals surface area contributed by atoms with Crippen molar-refractivity contribution >= 4 is 5.78 Å². The van der Waals surface area contributed by atoms with E-state index in [1.165, 1.54) is 0 Å². The van der Waals surface area contributed by atoms with Crippen LogP contribution in [0.1, 0.15) is 100 Å². The predicted octanol–water partition coefficient (Wildman–Crippen LogP) is 8.08. The van der Waals surface area contributed by atoms with E-state index in [9.17, 15) is 18.0 Å². The van der Waals surface area contributed by atoms with Crippen molar-refractivity contribution in [2.75, 3.05) is 0 Å². The lowest BCUT2D eigenvalue weighted by Crippen LogP contribution is -2.51. The van der Waals surface area contributed by atoms with Crippen molar-refractivity contribution in [2.45, 2.75) is 107 Å². The Morgan fingerprint density at radius 1 is 0.966 bits per heavy atom. The lowest BCUT2D eigenvalue weighted by molar-refractivity contribution is -0.234. The molecular weight excluding hydrogens is 373 g/mol. The van der Waals surface area contributed by atoms with E-state index in [0.29, 0.717) is 25.7 Å². The van der Waals surface area contributed by atoms with Crippen molar-refractivity contribution in [1.29, 1.82) is 0 Å². The van der Waals surface area contributed by atoms with E-state index in [0.717, 1.165) is 19.3 Å². The normalized spacial score (nSPS) is 33.3. The van der Waals surface area contributed by atoms with Crippen LogP contribution < -0.4 is 0 Å². The van der Waals surface area contributed by atoms with Gasteiger partial charge >= 0.3 is 6.18 Å². The molecule has 0 aromatic carbocycles. The summed E-state index contributed by atoms with van der Waals surface area (Å²) in [5, 5.41) is 0. The quantitative estimate of drug-likeness (QED) is 0.443. The molecule has 6 atom stereocenters. The van der Waals surface area contributed by atoms with Gasteiger partial charge in [0.25, 0.3) is 0 Å². The van der Waals surface area contributed by atoms with Gasteiger partial charge in [0.15, 0.2) is 0 Å². The van der Waals surface area contributed by atoms with Crippen LogP contribution in [0.15, 0.2) is 0 Å². The molecule has 0 saturated heterocycles. The fourth-order valence-corrected chi connectivity index (χ4v) is 6.56. The minimum absolute atomic E-state index is 0.0150. The number of hydrogen-bond acceptors (Lipinski definition) is 1. The van der Waals surface area contributed by atoms with Gasteiger partial charge in [0, 0.05) is 11.8 Å². The number of rotatable bonds is 5. The number of hydrogen-bond donors (Lipinski definition) is 0. The molecule has 2 bridgehead atoms. The van der Waals surface area contributed by atoms with E-state index in [1.807, 2.05) is 0 Å². The van der Waals surface area contributed by atoms with Crippen LogP contribution in [0.5, 0.6) is 0 Å². The highest BCUT2D eigenvalue weighted by Crippen LogP contribution is 2.58. The molecule has 29 heavy (non-hydrogen) atoms. The number of Topliss-reactive ketones (excluding diaryl/α,β-unsaturated/α-hetero) is 1. The minimum atomic E-state index is -4.14. The Morgan fingerprint density at radius 3 is 2.00 bits per heavy atom. The summed E-state index contributed by atoms with van der Waals surface area (Å²) in [6, 6.07) is 0. The maximum Gasteiger partial charge on any atom is 0.392 e. The average molecular weight is 417 g/mol. The molecule has 2 aliphatic rings. The number of carbonyl (C=O) groups is 1. The summed E-state index contributed by atoms with van der Waals surface area (Å²) in [7, 11) is 0. The summed E-state index contributed by atoms with van der Waals surface area (Å²) in [6.45, 7) is 16.9. The van der Waals surface area contributed by atoms with Crippen LogP contribution in [-0.4, -0.2) is 12.0 Å². The molecule has 0 aromatic heterocycles. The van der Waals surface area contributed by atoms with Gasteiger partial charge in [-0.3, -0.25) is 4.79 Å². The molecule has 2 rings (SSSR count). The molecule has 0 spiro atoms. The largest absolute Gasteiger partial charge is 0.392 e. The third-order valence-corrected chi connectivity index (χ3v) is 8.32. The molecule has 0 aliphatic heterocycles. The molecule has 1 nitrogen and oxygen atoms in total. The Balaban J connectivity index is 2.36. The first-order chi connectivity index (χ1) is 13.0. The second-order valence-corrected chi connectivity index (χ2v) is 12.4. The van der Waals surface area contributed by atoms with Crippen molar-refractivity contribution < 1.29 is 18.0 Å². The Labute approximate surface area is 176 Å². The topological polar surface area (TPSA) is 17.1 Å². The summed E-state index contributed by atoms with van der Waals surface area (Å²) in [4.78, 5) is 13.8. The summed E-state index contributed by atoms with van der Waals surface area (Å²) in [5.74, 6) is -1.54. The zero-order valence-corrected chi connectivity index (χ0v) is 19.9. The summed E-state index contributed by atoms with van der Waals surface area (Å²) >= 11 is 0. The van der Waals surface area contributed by atoms with Crippen LogP contribution in [0.2, 0.25) is 0 Å². The number of carbonyl (C=O) groups excluding carboxylic acids is 1. The molecule has 4 heteroatoms. The zero-order valence-electron chi connectivity index (χ0n) is 19.9. The lowest BCUT2D eigenvalue weighted by atomic mass is 9.52. The molecule has 0 aromatic rings. The lowest BCUT2D eigenvalue weighted by Gasteiger charge is -2.52. The van der Waals surface area contributed by atoms with E-state index >= 15 is 0 Å². The maximum atomic E-state index is 14.0. The van der Waals surface area contributed by atoms with Crippen molar-refractivity contribution in [3.63, 3.8) is 0 Å². The third kappa shape index (κ3) is 5.21. The summed E-state index contributed by atoms with van der Waals surface area (Å²) in [6.07, 6.45) is 0.633. The fourth-order valence-electron chi connectivity index (χ4n) is 6.56. The van der Waals surface area contributed by atoms with Crippen molar-refractivity contribution in [1.82, 2.24) is 0 Å². The Hall–Kier alpha value is -0.540. The molecule has 0 heterocycles. The van der Waals surface area contributed by atoms with Crippen molar-refractivity contribution in [2.24, 2.45) is 45.8 Å². The first-order valence-electron chi connectivity index (χ1n) is 11.6. The molecule has 2 aliphatic carbocycles. The molecule has 170 valence electrons. The second-order valence-electron chi connectivity index (χ2n) is 12.4. The number of ketones is 1. The Morgan fingerprint density at radius 2 is 1.55 bits per heavy atom. The highest BCUT2D eigenvalue weighted by Gasteiger charge is 2.57. The minimum Gasteiger partial charge on any atom is -0.299 e. The van der Waals surface area contributed by atoms with Gasteiger partial charge in [0.2, 0.25) is 0 Å². The van der Waals surface area contributed by atoms with Gasteiger partial charge in [0.1, 0.15) is 5.78 Å². The molecule has 2 fully saturated rings.